The maximum atomic E-state index is 10.5. The highest BCUT2D eigenvalue weighted by Gasteiger charge is 2.14. The zero-order chi connectivity index (χ0) is 14.7. The molecule has 0 bridgehead atoms. The van der Waals surface area contributed by atoms with Crippen LogP contribution in [0.25, 0.3) is 10.8 Å². The minimum atomic E-state index is -0.426. The average Bonchev–Trinajstić information content (AvgIpc) is 2.55. The summed E-state index contributed by atoms with van der Waals surface area (Å²) in [5, 5.41) is 12.9. The highest BCUT2D eigenvalue weighted by molar-refractivity contribution is 5.83. The predicted octanol–water partition coefficient (Wildman–Crippen LogP) is 5.07. The molecule has 3 aromatic carbocycles. The molecule has 1 heteroatoms. The van der Waals surface area contributed by atoms with Gasteiger partial charge in [-0.25, -0.2) is 0 Å². The fourth-order valence-corrected chi connectivity index (χ4v) is 2.80. The Bertz CT molecular complexity index is 718. The molecular formula is C20H20O. The van der Waals surface area contributed by atoms with Crippen LogP contribution in [0.5, 0.6) is 0 Å². The molecule has 0 aliphatic carbocycles. The van der Waals surface area contributed by atoms with Gasteiger partial charge in [0.15, 0.2) is 0 Å². The van der Waals surface area contributed by atoms with Gasteiger partial charge in [-0.15, -0.1) is 0 Å². The maximum Gasteiger partial charge on any atom is 0.0796 e. The third kappa shape index (κ3) is 3.14. The lowest BCUT2D eigenvalue weighted by Crippen LogP contribution is -2.03. The van der Waals surface area contributed by atoms with E-state index < -0.39 is 6.10 Å². The lowest BCUT2D eigenvalue weighted by Gasteiger charge is -2.17. The quantitative estimate of drug-likeness (QED) is 0.705. The largest absolute Gasteiger partial charge is 0.388 e. The van der Waals surface area contributed by atoms with Crippen LogP contribution in [-0.4, -0.2) is 5.11 Å². The van der Waals surface area contributed by atoms with Crippen molar-refractivity contribution in [3.8, 4) is 0 Å². The lowest BCUT2D eigenvalue weighted by atomic mass is 9.91. The van der Waals surface area contributed by atoms with Crippen LogP contribution >= 0.6 is 0 Å². The van der Waals surface area contributed by atoms with E-state index in [2.05, 4.69) is 43.3 Å². The molecule has 106 valence electrons. The molecular weight excluding hydrogens is 256 g/mol. The van der Waals surface area contributed by atoms with Gasteiger partial charge in [0.05, 0.1) is 6.10 Å². The standard InChI is InChI=1S/C20H20O/c1-15(16-7-3-2-4-8-16)13-20(21)19-12-11-17-9-5-6-10-18(17)14-19/h2-12,14-15,20-21H,13H2,1H3. The van der Waals surface area contributed by atoms with Crippen molar-refractivity contribution in [3.63, 3.8) is 0 Å². The van der Waals surface area contributed by atoms with E-state index in [0.717, 1.165) is 12.0 Å². The predicted molar refractivity (Wildman–Crippen MR) is 88.4 cm³/mol. The minimum absolute atomic E-state index is 0.340. The van der Waals surface area contributed by atoms with Crippen LogP contribution in [0.1, 0.15) is 36.5 Å². The molecule has 2 atom stereocenters. The van der Waals surface area contributed by atoms with Crippen LogP contribution in [0.4, 0.5) is 0 Å². The highest BCUT2D eigenvalue weighted by Crippen LogP contribution is 2.29. The maximum absolute atomic E-state index is 10.5. The summed E-state index contributed by atoms with van der Waals surface area (Å²) >= 11 is 0. The molecule has 0 aliphatic rings. The normalized spacial score (nSPS) is 14.0. The van der Waals surface area contributed by atoms with Crippen LogP contribution in [0.15, 0.2) is 72.8 Å². The fourth-order valence-electron chi connectivity index (χ4n) is 2.80. The van der Waals surface area contributed by atoms with Crippen LogP contribution in [0.3, 0.4) is 0 Å². The molecule has 3 rings (SSSR count). The number of benzene rings is 3. The van der Waals surface area contributed by atoms with Crippen molar-refractivity contribution in [2.45, 2.75) is 25.4 Å². The molecule has 0 spiro atoms. The van der Waals surface area contributed by atoms with Crippen molar-refractivity contribution in [1.29, 1.82) is 0 Å². The van der Waals surface area contributed by atoms with E-state index in [1.807, 2.05) is 36.4 Å². The van der Waals surface area contributed by atoms with E-state index in [1.54, 1.807) is 0 Å². The molecule has 1 nitrogen and oxygen atoms in total. The van der Waals surface area contributed by atoms with Crippen LogP contribution in [0.2, 0.25) is 0 Å². The monoisotopic (exact) mass is 276 g/mol. The van der Waals surface area contributed by atoms with Crippen molar-refractivity contribution >= 4 is 10.8 Å². The van der Waals surface area contributed by atoms with Crippen molar-refractivity contribution < 1.29 is 5.11 Å². The summed E-state index contributed by atoms with van der Waals surface area (Å²) < 4.78 is 0. The third-order valence-electron chi connectivity index (χ3n) is 4.10. The van der Waals surface area contributed by atoms with Gasteiger partial charge in [0.25, 0.3) is 0 Å². The minimum Gasteiger partial charge on any atom is -0.388 e. The smallest absolute Gasteiger partial charge is 0.0796 e. The molecule has 3 aromatic rings. The van der Waals surface area contributed by atoms with Gasteiger partial charge in [-0.05, 0) is 40.3 Å². The van der Waals surface area contributed by atoms with Gasteiger partial charge in [0, 0.05) is 0 Å². The first-order valence-electron chi connectivity index (χ1n) is 7.46. The molecule has 0 saturated carbocycles. The summed E-state index contributed by atoms with van der Waals surface area (Å²) in [4.78, 5) is 0. The van der Waals surface area contributed by atoms with Crippen LogP contribution in [0, 0.1) is 0 Å². The van der Waals surface area contributed by atoms with Gasteiger partial charge in [-0.1, -0.05) is 73.7 Å². The van der Waals surface area contributed by atoms with Crippen LogP contribution < -0.4 is 0 Å². The number of aliphatic hydroxyl groups excluding tert-OH is 1. The molecule has 1 N–H and O–H groups in total. The third-order valence-corrected chi connectivity index (χ3v) is 4.10. The Morgan fingerprint density at radius 3 is 2.19 bits per heavy atom. The first-order chi connectivity index (χ1) is 10.2. The summed E-state index contributed by atoms with van der Waals surface area (Å²) in [6.07, 6.45) is 0.312. The Kier molecular flexibility index (Phi) is 4.03. The summed E-state index contributed by atoms with van der Waals surface area (Å²) in [5.41, 5.74) is 2.27. The summed E-state index contributed by atoms with van der Waals surface area (Å²) in [6.45, 7) is 2.17. The summed E-state index contributed by atoms with van der Waals surface area (Å²) in [5.74, 6) is 0.340. The lowest BCUT2D eigenvalue weighted by molar-refractivity contribution is 0.160. The zero-order valence-electron chi connectivity index (χ0n) is 12.2. The van der Waals surface area contributed by atoms with Gasteiger partial charge >= 0.3 is 0 Å². The number of fused-ring (bicyclic) bond motifs is 1. The van der Waals surface area contributed by atoms with E-state index in [9.17, 15) is 5.11 Å². The van der Waals surface area contributed by atoms with Crippen molar-refractivity contribution in [2.24, 2.45) is 0 Å². The second-order valence-corrected chi connectivity index (χ2v) is 5.67. The Hall–Kier alpha value is -2.12. The Labute approximate surface area is 125 Å². The van der Waals surface area contributed by atoms with E-state index in [4.69, 9.17) is 0 Å². The second-order valence-electron chi connectivity index (χ2n) is 5.67. The zero-order valence-corrected chi connectivity index (χ0v) is 12.2. The molecule has 21 heavy (non-hydrogen) atoms. The molecule has 0 fully saturated rings. The first-order valence-corrected chi connectivity index (χ1v) is 7.46. The van der Waals surface area contributed by atoms with Gasteiger partial charge in [-0.2, -0.15) is 0 Å². The second kappa shape index (κ2) is 6.11. The summed E-state index contributed by atoms with van der Waals surface area (Å²) in [7, 11) is 0. The van der Waals surface area contributed by atoms with E-state index in [1.165, 1.54) is 16.3 Å². The van der Waals surface area contributed by atoms with Gasteiger partial charge < -0.3 is 5.11 Å². The number of hydrogen-bond donors (Lipinski definition) is 1. The molecule has 0 aromatic heterocycles. The van der Waals surface area contributed by atoms with Crippen molar-refractivity contribution in [1.82, 2.24) is 0 Å². The number of rotatable bonds is 4. The molecule has 0 aliphatic heterocycles. The Morgan fingerprint density at radius 2 is 1.43 bits per heavy atom. The topological polar surface area (TPSA) is 20.2 Å². The van der Waals surface area contributed by atoms with Gasteiger partial charge in [-0.3, -0.25) is 0 Å². The molecule has 0 heterocycles. The molecule has 0 radical (unpaired) electrons. The number of aliphatic hydroxyl groups is 1. The number of hydrogen-bond acceptors (Lipinski definition) is 1. The summed E-state index contributed by atoms with van der Waals surface area (Å²) in [6, 6.07) is 24.8. The van der Waals surface area contributed by atoms with Gasteiger partial charge in [0.1, 0.15) is 0 Å². The van der Waals surface area contributed by atoms with Crippen molar-refractivity contribution in [2.75, 3.05) is 0 Å². The van der Waals surface area contributed by atoms with E-state index >= 15 is 0 Å². The highest BCUT2D eigenvalue weighted by atomic mass is 16.3. The SMILES string of the molecule is CC(CC(O)c1ccc2ccccc2c1)c1ccccc1. The first kappa shape index (κ1) is 13.8. The van der Waals surface area contributed by atoms with E-state index in [-0.39, 0.29) is 0 Å². The average molecular weight is 276 g/mol. The van der Waals surface area contributed by atoms with Gasteiger partial charge in [0.2, 0.25) is 0 Å². The molecule has 2 unspecified atom stereocenters. The Morgan fingerprint density at radius 1 is 0.762 bits per heavy atom. The Balaban J connectivity index is 1.79. The molecule has 0 amide bonds. The fraction of sp³-hybridized carbons (Fsp3) is 0.200. The van der Waals surface area contributed by atoms with Crippen molar-refractivity contribution in [3.05, 3.63) is 83.9 Å². The van der Waals surface area contributed by atoms with E-state index in [0.29, 0.717) is 5.92 Å². The molecule has 0 saturated heterocycles. The van der Waals surface area contributed by atoms with Crippen LogP contribution in [-0.2, 0) is 0 Å².